The number of carbonyl (C=O) groups is 1. The SMILES string of the molecule is CCCCCC[C@@H](O)C[C@H]1O[C@H]1CCCCCCCC(=O)OC. The molecule has 1 aliphatic rings. The van der Waals surface area contributed by atoms with E-state index in [2.05, 4.69) is 11.7 Å². The third-order valence-electron chi connectivity index (χ3n) is 4.68. The summed E-state index contributed by atoms with van der Waals surface area (Å²) in [5.41, 5.74) is 0. The number of ether oxygens (including phenoxy) is 2. The molecule has 0 aromatic rings. The lowest BCUT2D eigenvalue weighted by Crippen LogP contribution is -2.11. The molecule has 23 heavy (non-hydrogen) atoms. The summed E-state index contributed by atoms with van der Waals surface area (Å²) < 4.78 is 10.3. The van der Waals surface area contributed by atoms with Gasteiger partial charge in [-0.25, -0.2) is 0 Å². The van der Waals surface area contributed by atoms with Gasteiger partial charge in [0.15, 0.2) is 0 Å². The molecule has 1 heterocycles. The van der Waals surface area contributed by atoms with Crippen molar-refractivity contribution in [2.45, 2.75) is 109 Å². The maximum absolute atomic E-state index is 11.0. The number of hydrogen-bond donors (Lipinski definition) is 1. The molecular formula is C19H36O4. The number of unbranched alkanes of at least 4 members (excludes halogenated alkanes) is 7. The van der Waals surface area contributed by atoms with Gasteiger partial charge in [-0.2, -0.15) is 0 Å². The number of epoxide rings is 1. The van der Waals surface area contributed by atoms with Crippen LogP contribution < -0.4 is 0 Å². The summed E-state index contributed by atoms with van der Waals surface area (Å²) in [6.07, 6.45) is 14.4. The number of hydrogen-bond acceptors (Lipinski definition) is 4. The summed E-state index contributed by atoms with van der Waals surface area (Å²) in [4.78, 5) is 11.0. The van der Waals surface area contributed by atoms with Crippen molar-refractivity contribution in [3.63, 3.8) is 0 Å². The van der Waals surface area contributed by atoms with Gasteiger partial charge in [0.2, 0.25) is 0 Å². The second-order valence-corrected chi connectivity index (χ2v) is 6.83. The van der Waals surface area contributed by atoms with Crippen LogP contribution in [0, 0.1) is 0 Å². The Kier molecular flexibility index (Phi) is 11.3. The molecule has 0 saturated carbocycles. The molecular weight excluding hydrogens is 292 g/mol. The summed E-state index contributed by atoms with van der Waals surface area (Å²) in [5, 5.41) is 9.99. The van der Waals surface area contributed by atoms with Gasteiger partial charge in [-0.15, -0.1) is 0 Å². The number of carbonyl (C=O) groups excluding carboxylic acids is 1. The number of methoxy groups -OCH3 is 1. The first-order chi connectivity index (χ1) is 11.2. The topological polar surface area (TPSA) is 59.1 Å². The van der Waals surface area contributed by atoms with Crippen LogP contribution in [0.15, 0.2) is 0 Å². The highest BCUT2D eigenvalue weighted by Gasteiger charge is 2.38. The Morgan fingerprint density at radius 2 is 1.74 bits per heavy atom. The largest absolute Gasteiger partial charge is 0.469 e. The van der Waals surface area contributed by atoms with Crippen LogP contribution in [0.4, 0.5) is 0 Å². The molecule has 136 valence electrons. The summed E-state index contributed by atoms with van der Waals surface area (Å²) in [6, 6.07) is 0. The van der Waals surface area contributed by atoms with E-state index in [1.54, 1.807) is 0 Å². The maximum Gasteiger partial charge on any atom is 0.305 e. The lowest BCUT2D eigenvalue weighted by atomic mass is 10.0. The van der Waals surface area contributed by atoms with Crippen molar-refractivity contribution in [1.29, 1.82) is 0 Å². The molecule has 1 saturated heterocycles. The molecule has 4 heteroatoms. The third-order valence-corrected chi connectivity index (χ3v) is 4.68. The van der Waals surface area contributed by atoms with Crippen LogP contribution in [-0.2, 0) is 14.3 Å². The van der Waals surface area contributed by atoms with Gasteiger partial charge >= 0.3 is 5.97 Å². The van der Waals surface area contributed by atoms with Gasteiger partial charge in [0, 0.05) is 12.8 Å². The molecule has 0 aliphatic carbocycles. The second kappa shape index (κ2) is 12.8. The maximum atomic E-state index is 11.0. The van der Waals surface area contributed by atoms with Crippen molar-refractivity contribution < 1.29 is 19.4 Å². The van der Waals surface area contributed by atoms with E-state index in [4.69, 9.17) is 4.74 Å². The number of aliphatic hydroxyl groups is 1. The Morgan fingerprint density at radius 3 is 2.48 bits per heavy atom. The highest BCUT2D eigenvalue weighted by Crippen LogP contribution is 2.32. The average molecular weight is 328 g/mol. The van der Waals surface area contributed by atoms with Gasteiger partial charge in [-0.3, -0.25) is 4.79 Å². The number of aliphatic hydroxyl groups excluding tert-OH is 1. The van der Waals surface area contributed by atoms with Crippen molar-refractivity contribution in [2.75, 3.05) is 7.11 Å². The molecule has 0 bridgehead atoms. The minimum absolute atomic E-state index is 0.104. The van der Waals surface area contributed by atoms with Crippen molar-refractivity contribution >= 4 is 5.97 Å². The first-order valence-electron chi connectivity index (χ1n) is 9.57. The third kappa shape index (κ3) is 10.7. The van der Waals surface area contributed by atoms with Crippen molar-refractivity contribution in [3.8, 4) is 0 Å². The van der Waals surface area contributed by atoms with Crippen molar-refractivity contribution in [2.24, 2.45) is 0 Å². The molecule has 1 rings (SSSR count). The van der Waals surface area contributed by atoms with Crippen LogP contribution in [-0.4, -0.2) is 36.5 Å². The van der Waals surface area contributed by atoms with Gasteiger partial charge < -0.3 is 14.6 Å². The van der Waals surface area contributed by atoms with E-state index in [1.807, 2.05) is 0 Å². The summed E-state index contributed by atoms with van der Waals surface area (Å²) >= 11 is 0. The monoisotopic (exact) mass is 328 g/mol. The van der Waals surface area contributed by atoms with E-state index in [0.29, 0.717) is 18.6 Å². The molecule has 3 atom stereocenters. The minimum Gasteiger partial charge on any atom is -0.469 e. The zero-order chi connectivity index (χ0) is 16.9. The van der Waals surface area contributed by atoms with Crippen molar-refractivity contribution in [1.82, 2.24) is 0 Å². The summed E-state index contributed by atoms with van der Waals surface area (Å²) in [6.45, 7) is 2.21. The fourth-order valence-corrected chi connectivity index (χ4v) is 3.08. The first-order valence-corrected chi connectivity index (χ1v) is 9.57. The Balaban J connectivity index is 1.86. The predicted molar refractivity (Wildman–Crippen MR) is 92.4 cm³/mol. The van der Waals surface area contributed by atoms with Crippen LogP contribution in [0.3, 0.4) is 0 Å². The molecule has 0 spiro atoms. The highest BCUT2D eigenvalue weighted by molar-refractivity contribution is 5.68. The quantitative estimate of drug-likeness (QED) is 0.275. The van der Waals surface area contributed by atoms with Crippen LogP contribution >= 0.6 is 0 Å². The van der Waals surface area contributed by atoms with Crippen LogP contribution in [0.25, 0.3) is 0 Å². The predicted octanol–water partition coefficient (Wildman–Crippen LogP) is 4.38. The first kappa shape index (κ1) is 20.4. The lowest BCUT2D eigenvalue weighted by molar-refractivity contribution is -0.140. The van der Waals surface area contributed by atoms with Crippen LogP contribution in [0.5, 0.6) is 0 Å². The van der Waals surface area contributed by atoms with E-state index >= 15 is 0 Å². The molecule has 1 fully saturated rings. The zero-order valence-corrected chi connectivity index (χ0v) is 15.1. The van der Waals surface area contributed by atoms with E-state index in [1.165, 1.54) is 45.6 Å². The molecule has 1 N–H and O–H groups in total. The van der Waals surface area contributed by atoms with Gasteiger partial charge in [0.1, 0.15) is 0 Å². The van der Waals surface area contributed by atoms with E-state index in [9.17, 15) is 9.90 Å². The fraction of sp³-hybridized carbons (Fsp3) is 0.947. The molecule has 1 aliphatic heterocycles. The van der Waals surface area contributed by atoms with Gasteiger partial charge in [0.25, 0.3) is 0 Å². The van der Waals surface area contributed by atoms with E-state index < -0.39 is 0 Å². The normalized spacial score (nSPS) is 21.2. The Hall–Kier alpha value is -0.610. The van der Waals surface area contributed by atoms with Crippen molar-refractivity contribution in [3.05, 3.63) is 0 Å². The van der Waals surface area contributed by atoms with Gasteiger partial charge in [-0.05, 0) is 19.3 Å². The summed E-state index contributed by atoms with van der Waals surface area (Å²) in [5.74, 6) is -0.104. The van der Waals surface area contributed by atoms with Crippen LogP contribution in [0.1, 0.15) is 90.4 Å². The molecule has 0 unspecified atom stereocenters. The van der Waals surface area contributed by atoms with E-state index in [-0.39, 0.29) is 12.1 Å². The second-order valence-electron chi connectivity index (χ2n) is 6.83. The number of rotatable bonds is 15. The lowest BCUT2D eigenvalue weighted by Gasteiger charge is -2.08. The average Bonchev–Trinajstić information content (AvgIpc) is 3.28. The number of esters is 1. The molecule has 0 radical (unpaired) electrons. The summed E-state index contributed by atoms with van der Waals surface area (Å²) in [7, 11) is 1.44. The highest BCUT2D eigenvalue weighted by atomic mass is 16.6. The molecule has 0 aromatic heterocycles. The van der Waals surface area contributed by atoms with E-state index in [0.717, 1.165) is 38.5 Å². The van der Waals surface area contributed by atoms with Crippen LogP contribution in [0.2, 0.25) is 0 Å². The standard InChI is InChI=1S/C19H36O4/c1-3-4-5-9-12-16(20)15-18-17(23-18)13-10-7-6-8-11-14-19(21)22-2/h16-18,20H,3-15H2,1-2H3/t16-,17+,18-/m1/s1. The van der Waals surface area contributed by atoms with Gasteiger partial charge in [0.05, 0.1) is 25.4 Å². The minimum atomic E-state index is -0.180. The Morgan fingerprint density at radius 1 is 1.04 bits per heavy atom. The molecule has 0 aromatic carbocycles. The smallest absolute Gasteiger partial charge is 0.305 e. The Bertz CT molecular complexity index is 306. The Labute approximate surface area is 141 Å². The van der Waals surface area contributed by atoms with Gasteiger partial charge in [-0.1, -0.05) is 58.3 Å². The fourth-order valence-electron chi connectivity index (χ4n) is 3.08. The molecule has 0 amide bonds. The zero-order valence-electron chi connectivity index (χ0n) is 15.1. The molecule has 4 nitrogen and oxygen atoms in total.